The lowest BCUT2D eigenvalue weighted by Crippen LogP contribution is -2.07. The molecule has 1 aromatic carbocycles. The van der Waals surface area contributed by atoms with Crippen molar-refractivity contribution in [3.05, 3.63) is 34.1 Å². The van der Waals surface area contributed by atoms with E-state index in [-0.39, 0.29) is 5.92 Å². The van der Waals surface area contributed by atoms with Crippen LogP contribution in [0.5, 0.6) is 0 Å². The van der Waals surface area contributed by atoms with Crippen LogP contribution in [0.1, 0.15) is 25.6 Å². The number of nitrogens with two attached hydrogens (primary N) is 1. The molecule has 20 heavy (non-hydrogen) atoms. The highest BCUT2D eigenvalue weighted by molar-refractivity contribution is 6.42. The third-order valence-corrected chi connectivity index (χ3v) is 3.73. The van der Waals surface area contributed by atoms with Gasteiger partial charge < -0.3 is 10.3 Å². The number of halogens is 2. The summed E-state index contributed by atoms with van der Waals surface area (Å²) in [5.41, 5.74) is 7.69. The molecule has 0 unspecified atom stereocenters. The smallest absolute Gasteiger partial charge is 0.132 e. The number of rotatable bonds is 3. The normalized spacial score (nSPS) is 10.8. The summed E-state index contributed by atoms with van der Waals surface area (Å²) in [7, 11) is 0. The molecule has 1 aromatic heterocycles. The standard InChI is InChI=1S/C15H15Cl2N3/c1-4-7-20-14(18)13(19-15(20)9(2)3)10-5-6-11(16)12(17)8-10/h1,5-6,8-9H,7,18H2,2-3H3. The highest BCUT2D eigenvalue weighted by Gasteiger charge is 2.18. The lowest BCUT2D eigenvalue weighted by atomic mass is 10.1. The second-order valence-electron chi connectivity index (χ2n) is 4.78. The van der Waals surface area contributed by atoms with Crippen molar-refractivity contribution in [1.82, 2.24) is 9.55 Å². The van der Waals surface area contributed by atoms with E-state index in [0.717, 1.165) is 11.4 Å². The fourth-order valence-electron chi connectivity index (χ4n) is 2.04. The minimum atomic E-state index is 0.224. The van der Waals surface area contributed by atoms with Crippen molar-refractivity contribution in [2.24, 2.45) is 0 Å². The summed E-state index contributed by atoms with van der Waals surface area (Å²) < 4.78 is 1.85. The predicted molar refractivity (Wildman–Crippen MR) is 85.0 cm³/mol. The number of nitrogens with zero attached hydrogens (tertiary/aromatic N) is 2. The number of hydrogen-bond donors (Lipinski definition) is 1. The van der Waals surface area contributed by atoms with Crippen molar-refractivity contribution in [3.8, 4) is 23.6 Å². The van der Waals surface area contributed by atoms with Crippen molar-refractivity contribution in [2.75, 3.05) is 5.73 Å². The Morgan fingerprint density at radius 2 is 2.05 bits per heavy atom. The maximum atomic E-state index is 6.18. The summed E-state index contributed by atoms with van der Waals surface area (Å²) in [5, 5.41) is 0.974. The summed E-state index contributed by atoms with van der Waals surface area (Å²) in [5.74, 6) is 4.23. The Morgan fingerprint density at radius 1 is 1.35 bits per heavy atom. The van der Waals surface area contributed by atoms with Crippen LogP contribution in [0.4, 0.5) is 5.82 Å². The summed E-state index contributed by atoms with van der Waals surface area (Å²) >= 11 is 12.0. The van der Waals surface area contributed by atoms with E-state index in [1.165, 1.54) is 0 Å². The predicted octanol–water partition coefficient (Wildman–Crippen LogP) is 4.20. The quantitative estimate of drug-likeness (QED) is 0.864. The topological polar surface area (TPSA) is 43.8 Å². The number of aromatic nitrogens is 2. The molecular weight excluding hydrogens is 293 g/mol. The molecule has 0 saturated carbocycles. The maximum Gasteiger partial charge on any atom is 0.132 e. The minimum absolute atomic E-state index is 0.224. The molecule has 0 aliphatic heterocycles. The van der Waals surface area contributed by atoms with Crippen molar-refractivity contribution >= 4 is 29.0 Å². The zero-order valence-electron chi connectivity index (χ0n) is 11.3. The molecule has 2 rings (SSSR count). The molecule has 0 spiro atoms. The minimum Gasteiger partial charge on any atom is -0.383 e. The van der Waals surface area contributed by atoms with Gasteiger partial charge in [-0.3, -0.25) is 0 Å². The van der Waals surface area contributed by atoms with Crippen LogP contribution in [0.25, 0.3) is 11.3 Å². The molecule has 2 N–H and O–H groups in total. The van der Waals surface area contributed by atoms with Crippen LogP contribution < -0.4 is 5.73 Å². The van der Waals surface area contributed by atoms with E-state index in [4.69, 9.17) is 35.4 Å². The fourth-order valence-corrected chi connectivity index (χ4v) is 2.34. The third kappa shape index (κ3) is 2.63. The van der Waals surface area contributed by atoms with E-state index in [1.54, 1.807) is 12.1 Å². The highest BCUT2D eigenvalue weighted by atomic mass is 35.5. The van der Waals surface area contributed by atoms with Crippen molar-refractivity contribution in [2.45, 2.75) is 26.3 Å². The van der Waals surface area contributed by atoms with E-state index < -0.39 is 0 Å². The molecule has 104 valence electrons. The molecule has 3 nitrogen and oxygen atoms in total. The number of anilines is 1. The number of nitrogen functional groups attached to an aromatic ring is 1. The Balaban J connectivity index is 2.60. The second-order valence-corrected chi connectivity index (χ2v) is 5.59. The monoisotopic (exact) mass is 307 g/mol. The van der Waals surface area contributed by atoms with Gasteiger partial charge >= 0.3 is 0 Å². The molecule has 0 bridgehead atoms. The van der Waals surface area contributed by atoms with Gasteiger partial charge in [-0.2, -0.15) is 0 Å². The van der Waals surface area contributed by atoms with Crippen LogP contribution in [0.3, 0.4) is 0 Å². The van der Waals surface area contributed by atoms with Gasteiger partial charge in [0, 0.05) is 11.5 Å². The Labute approximate surface area is 128 Å². The number of terminal acetylenes is 1. The fraction of sp³-hybridized carbons (Fsp3) is 0.267. The zero-order chi connectivity index (χ0) is 14.9. The number of imidazole rings is 1. The lowest BCUT2D eigenvalue weighted by molar-refractivity contribution is 0.691. The van der Waals surface area contributed by atoms with Crippen LogP contribution in [0.15, 0.2) is 18.2 Å². The van der Waals surface area contributed by atoms with Gasteiger partial charge in [0.2, 0.25) is 0 Å². The Hall–Kier alpha value is -1.63. The molecule has 0 amide bonds. The zero-order valence-corrected chi connectivity index (χ0v) is 12.8. The van der Waals surface area contributed by atoms with Crippen LogP contribution in [-0.2, 0) is 6.54 Å². The molecule has 1 heterocycles. The summed E-state index contributed by atoms with van der Waals surface area (Å²) in [6, 6.07) is 5.33. The van der Waals surface area contributed by atoms with Crippen LogP contribution in [-0.4, -0.2) is 9.55 Å². The first kappa shape index (κ1) is 14.8. The van der Waals surface area contributed by atoms with Gasteiger partial charge in [-0.05, 0) is 12.1 Å². The van der Waals surface area contributed by atoms with E-state index in [0.29, 0.717) is 28.1 Å². The van der Waals surface area contributed by atoms with Crippen molar-refractivity contribution in [3.63, 3.8) is 0 Å². The average Bonchev–Trinajstić information content (AvgIpc) is 2.72. The third-order valence-electron chi connectivity index (χ3n) is 3.00. The first-order valence-corrected chi connectivity index (χ1v) is 6.96. The SMILES string of the molecule is C#CCn1c(C(C)C)nc(-c2ccc(Cl)c(Cl)c2)c1N. The summed E-state index contributed by atoms with van der Waals surface area (Å²) in [6.45, 7) is 4.49. The Kier molecular flexibility index (Phi) is 4.27. The van der Waals surface area contributed by atoms with Gasteiger partial charge in [-0.25, -0.2) is 4.98 Å². The van der Waals surface area contributed by atoms with Crippen molar-refractivity contribution < 1.29 is 0 Å². The molecule has 5 heteroatoms. The van der Waals surface area contributed by atoms with Gasteiger partial charge in [-0.1, -0.05) is 49.0 Å². The molecular formula is C15H15Cl2N3. The molecule has 0 radical (unpaired) electrons. The molecule has 2 aromatic rings. The number of benzene rings is 1. The Bertz CT molecular complexity index is 681. The van der Waals surface area contributed by atoms with Gasteiger partial charge in [0.1, 0.15) is 17.3 Å². The van der Waals surface area contributed by atoms with Gasteiger partial charge in [0.15, 0.2) is 0 Å². The molecule has 0 aliphatic rings. The van der Waals surface area contributed by atoms with E-state index in [1.807, 2.05) is 24.5 Å². The molecule has 0 atom stereocenters. The first-order chi connectivity index (χ1) is 9.45. The number of hydrogen-bond acceptors (Lipinski definition) is 2. The molecule has 0 aliphatic carbocycles. The average molecular weight is 308 g/mol. The summed E-state index contributed by atoms with van der Waals surface area (Å²) in [6.07, 6.45) is 5.40. The second kappa shape index (κ2) is 5.78. The Morgan fingerprint density at radius 3 is 2.60 bits per heavy atom. The molecule has 0 saturated heterocycles. The maximum absolute atomic E-state index is 6.18. The van der Waals surface area contributed by atoms with Crippen LogP contribution in [0.2, 0.25) is 10.0 Å². The van der Waals surface area contributed by atoms with E-state index >= 15 is 0 Å². The largest absolute Gasteiger partial charge is 0.383 e. The van der Waals surface area contributed by atoms with Crippen molar-refractivity contribution in [1.29, 1.82) is 0 Å². The van der Waals surface area contributed by atoms with Gasteiger partial charge in [-0.15, -0.1) is 6.42 Å². The lowest BCUT2D eigenvalue weighted by Gasteiger charge is -2.08. The van der Waals surface area contributed by atoms with E-state index in [9.17, 15) is 0 Å². The summed E-state index contributed by atoms with van der Waals surface area (Å²) in [4.78, 5) is 4.61. The first-order valence-electron chi connectivity index (χ1n) is 6.20. The highest BCUT2D eigenvalue weighted by Crippen LogP contribution is 2.33. The van der Waals surface area contributed by atoms with Gasteiger partial charge in [0.25, 0.3) is 0 Å². The van der Waals surface area contributed by atoms with Crippen LogP contribution >= 0.6 is 23.2 Å². The van der Waals surface area contributed by atoms with E-state index in [2.05, 4.69) is 10.9 Å². The van der Waals surface area contributed by atoms with Crippen LogP contribution in [0, 0.1) is 12.3 Å². The molecule has 0 fully saturated rings. The van der Waals surface area contributed by atoms with Gasteiger partial charge in [0.05, 0.1) is 16.6 Å².